The monoisotopic (exact) mass is 308 g/mol. The SMILES string of the molecule is CCCC(C#N)C(=O)N(C)Cc1ccc(Br)cc1. The third-order valence-electron chi connectivity index (χ3n) is 2.74. The zero-order valence-corrected chi connectivity index (χ0v) is 12.3. The van der Waals surface area contributed by atoms with Gasteiger partial charge in [-0.05, 0) is 24.1 Å². The molecule has 96 valence electrons. The highest BCUT2D eigenvalue weighted by Crippen LogP contribution is 2.14. The minimum absolute atomic E-state index is 0.0951. The fourth-order valence-corrected chi connectivity index (χ4v) is 2.00. The van der Waals surface area contributed by atoms with Gasteiger partial charge in [-0.3, -0.25) is 4.79 Å². The molecular weight excluding hydrogens is 292 g/mol. The van der Waals surface area contributed by atoms with Gasteiger partial charge in [0.15, 0.2) is 0 Å². The fraction of sp³-hybridized carbons (Fsp3) is 0.429. The summed E-state index contributed by atoms with van der Waals surface area (Å²) < 4.78 is 1.01. The molecule has 0 aliphatic heterocycles. The van der Waals surface area contributed by atoms with Crippen LogP contribution in [0.4, 0.5) is 0 Å². The summed E-state index contributed by atoms with van der Waals surface area (Å²) in [6.07, 6.45) is 1.47. The van der Waals surface area contributed by atoms with Crippen LogP contribution in [-0.4, -0.2) is 17.9 Å². The molecule has 18 heavy (non-hydrogen) atoms. The lowest BCUT2D eigenvalue weighted by Crippen LogP contribution is -2.31. The molecule has 0 fully saturated rings. The summed E-state index contributed by atoms with van der Waals surface area (Å²) in [5.74, 6) is -0.613. The summed E-state index contributed by atoms with van der Waals surface area (Å²) in [5, 5.41) is 8.98. The van der Waals surface area contributed by atoms with E-state index in [2.05, 4.69) is 22.0 Å². The second kappa shape index (κ2) is 7.17. The van der Waals surface area contributed by atoms with Crippen molar-refractivity contribution in [2.45, 2.75) is 26.3 Å². The number of hydrogen-bond donors (Lipinski definition) is 0. The first-order chi connectivity index (χ1) is 8.58. The summed E-state index contributed by atoms with van der Waals surface area (Å²) >= 11 is 3.37. The van der Waals surface area contributed by atoms with E-state index >= 15 is 0 Å². The van der Waals surface area contributed by atoms with Crippen molar-refractivity contribution in [2.24, 2.45) is 5.92 Å². The zero-order chi connectivity index (χ0) is 13.5. The molecule has 0 aliphatic rings. The summed E-state index contributed by atoms with van der Waals surface area (Å²) in [6, 6.07) is 9.91. The van der Waals surface area contributed by atoms with Gasteiger partial charge in [0, 0.05) is 18.1 Å². The Bertz CT molecular complexity index is 436. The Labute approximate surface area is 117 Å². The molecule has 1 aromatic rings. The van der Waals surface area contributed by atoms with Crippen LogP contribution in [0, 0.1) is 17.2 Å². The van der Waals surface area contributed by atoms with Crippen LogP contribution in [-0.2, 0) is 11.3 Å². The van der Waals surface area contributed by atoms with Crippen LogP contribution in [0.3, 0.4) is 0 Å². The van der Waals surface area contributed by atoms with Crippen LogP contribution in [0.5, 0.6) is 0 Å². The highest BCUT2D eigenvalue weighted by Gasteiger charge is 2.20. The largest absolute Gasteiger partial charge is 0.340 e. The minimum atomic E-state index is -0.518. The minimum Gasteiger partial charge on any atom is -0.340 e. The second-order valence-electron chi connectivity index (χ2n) is 4.29. The van der Waals surface area contributed by atoms with E-state index in [1.54, 1.807) is 11.9 Å². The molecule has 0 aromatic heterocycles. The van der Waals surface area contributed by atoms with Crippen molar-refractivity contribution in [3.05, 3.63) is 34.3 Å². The molecule has 4 heteroatoms. The van der Waals surface area contributed by atoms with Gasteiger partial charge in [-0.25, -0.2) is 0 Å². The van der Waals surface area contributed by atoms with Gasteiger partial charge in [0.25, 0.3) is 0 Å². The Morgan fingerprint density at radius 2 is 2.06 bits per heavy atom. The van der Waals surface area contributed by atoms with Crippen molar-refractivity contribution in [1.82, 2.24) is 4.90 Å². The van der Waals surface area contributed by atoms with Gasteiger partial charge >= 0.3 is 0 Å². The van der Waals surface area contributed by atoms with Crippen molar-refractivity contribution in [1.29, 1.82) is 5.26 Å². The van der Waals surface area contributed by atoms with Crippen LogP contribution in [0.1, 0.15) is 25.3 Å². The Morgan fingerprint density at radius 3 is 2.56 bits per heavy atom. The summed E-state index contributed by atoms with van der Waals surface area (Å²) in [4.78, 5) is 13.6. The van der Waals surface area contributed by atoms with Crippen LogP contribution in [0.2, 0.25) is 0 Å². The van der Waals surface area contributed by atoms with Crippen LogP contribution in [0.15, 0.2) is 28.7 Å². The van der Waals surface area contributed by atoms with Crippen molar-refractivity contribution < 1.29 is 4.79 Å². The maximum atomic E-state index is 12.0. The molecule has 3 nitrogen and oxygen atoms in total. The van der Waals surface area contributed by atoms with Gasteiger partial charge < -0.3 is 4.90 Å². The number of nitrogens with zero attached hydrogens (tertiary/aromatic N) is 2. The molecule has 1 rings (SSSR count). The molecule has 1 amide bonds. The summed E-state index contributed by atoms with van der Waals surface area (Å²) in [6.45, 7) is 2.51. The maximum absolute atomic E-state index is 12.0. The normalized spacial score (nSPS) is 11.7. The Kier molecular flexibility index (Phi) is 5.87. The number of rotatable bonds is 5. The van der Waals surface area contributed by atoms with Gasteiger partial charge in [-0.15, -0.1) is 0 Å². The summed E-state index contributed by atoms with van der Waals surface area (Å²) in [7, 11) is 1.74. The topological polar surface area (TPSA) is 44.1 Å². The van der Waals surface area contributed by atoms with Crippen molar-refractivity contribution >= 4 is 21.8 Å². The van der Waals surface area contributed by atoms with E-state index in [-0.39, 0.29) is 5.91 Å². The van der Waals surface area contributed by atoms with Crippen LogP contribution in [0.25, 0.3) is 0 Å². The molecule has 0 saturated carbocycles. The lowest BCUT2D eigenvalue weighted by Gasteiger charge is -2.20. The molecule has 0 bridgehead atoms. The molecule has 0 heterocycles. The second-order valence-corrected chi connectivity index (χ2v) is 5.21. The molecule has 0 radical (unpaired) electrons. The highest BCUT2D eigenvalue weighted by atomic mass is 79.9. The standard InChI is InChI=1S/C14H17BrN2O/c1-3-4-12(9-16)14(18)17(2)10-11-5-7-13(15)8-6-11/h5-8,12H,3-4,10H2,1-2H3. The quantitative estimate of drug-likeness (QED) is 0.837. The number of amides is 1. The van der Waals surface area contributed by atoms with E-state index in [4.69, 9.17) is 5.26 Å². The molecule has 1 aromatic carbocycles. The molecule has 1 unspecified atom stereocenters. The average Bonchev–Trinajstić information content (AvgIpc) is 2.37. The van der Waals surface area contributed by atoms with E-state index in [1.165, 1.54) is 0 Å². The predicted molar refractivity (Wildman–Crippen MR) is 74.6 cm³/mol. The Hall–Kier alpha value is -1.34. The number of carbonyl (C=O) groups is 1. The smallest absolute Gasteiger partial charge is 0.239 e. The van der Waals surface area contributed by atoms with Crippen molar-refractivity contribution in [2.75, 3.05) is 7.05 Å². The third-order valence-corrected chi connectivity index (χ3v) is 3.27. The first kappa shape index (κ1) is 14.7. The third kappa shape index (κ3) is 4.15. The molecule has 0 saturated heterocycles. The van der Waals surface area contributed by atoms with E-state index in [9.17, 15) is 4.79 Å². The van der Waals surface area contributed by atoms with Crippen molar-refractivity contribution in [3.8, 4) is 6.07 Å². The first-order valence-electron chi connectivity index (χ1n) is 5.97. The van der Waals surface area contributed by atoms with E-state index in [0.29, 0.717) is 13.0 Å². The number of halogens is 1. The van der Waals surface area contributed by atoms with Crippen molar-refractivity contribution in [3.63, 3.8) is 0 Å². The molecule has 0 N–H and O–H groups in total. The van der Waals surface area contributed by atoms with Gasteiger partial charge in [0.1, 0.15) is 5.92 Å². The highest BCUT2D eigenvalue weighted by molar-refractivity contribution is 9.10. The van der Waals surface area contributed by atoms with E-state index in [1.807, 2.05) is 31.2 Å². The molecular formula is C14H17BrN2O. The Morgan fingerprint density at radius 1 is 1.44 bits per heavy atom. The van der Waals surface area contributed by atoms with Gasteiger partial charge in [0.2, 0.25) is 5.91 Å². The lowest BCUT2D eigenvalue weighted by atomic mass is 10.0. The van der Waals surface area contributed by atoms with E-state index in [0.717, 1.165) is 16.5 Å². The first-order valence-corrected chi connectivity index (χ1v) is 6.76. The number of benzene rings is 1. The number of nitriles is 1. The molecule has 0 aliphatic carbocycles. The molecule has 0 spiro atoms. The average molecular weight is 309 g/mol. The maximum Gasteiger partial charge on any atom is 0.239 e. The van der Waals surface area contributed by atoms with Gasteiger partial charge in [-0.2, -0.15) is 5.26 Å². The predicted octanol–water partition coefficient (Wildman–Crippen LogP) is 3.35. The fourth-order valence-electron chi connectivity index (χ4n) is 1.74. The Balaban J connectivity index is 2.64. The summed E-state index contributed by atoms with van der Waals surface area (Å²) in [5.41, 5.74) is 1.06. The van der Waals surface area contributed by atoms with Crippen LogP contribution < -0.4 is 0 Å². The van der Waals surface area contributed by atoms with Gasteiger partial charge in [-0.1, -0.05) is 41.4 Å². The number of hydrogen-bond acceptors (Lipinski definition) is 2. The number of carbonyl (C=O) groups excluding carboxylic acids is 1. The van der Waals surface area contributed by atoms with E-state index < -0.39 is 5.92 Å². The zero-order valence-electron chi connectivity index (χ0n) is 10.7. The molecule has 1 atom stereocenters. The van der Waals surface area contributed by atoms with Crippen LogP contribution >= 0.6 is 15.9 Å². The van der Waals surface area contributed by atoms with Gasteiger partial charge in [0.05, 0.1) is 6.07 Å². The lowest BCUT2D eigenvalue weighted by molar-refractivity contribution is -0.133.